The van der Waals surface area contributed by atoms with E-state index in [0.29, 0.717) is 11.0 Å². The molecule has 0 aliphatic carbocycles. The number of rotatable bonds is 10. The second-order valence-corrected chi connectivity index (χ2v) is 12.3. The molecule has 20 heavy (non-hydrogen) atoms. The van der Waals surface area contributed by atoms with Crippen molar-refractivity contribution in [3.63, 3.8) is 0 Å². The molecule has 1 heterocycles. The molecule has 0 aromatic heterocycles. The van der Waals surface area contributed by atoms with Gasteiger partial charge in [-0.3, -0.25) is 0 Å². The third kappa shape index (κ3) is 2.61. The molecule has 1 fully saturated rings. The summed E-state index contributed by atoms with van der Waals surface area (Å²) in [7, 11) is 0. The molecule has 0 bridgehead atoms. The van der Waals surface area contributed by atoms with E-state index in [9.17, 15) is 9.59 Å². The first kappa shape index (κ1) is 17.8. The molecule has 0 spiro atoms. The van der Waals surface area contributed by atoms with Crippen LogP contribution in [-0.4, -0.2) is 29.5 Å². The zero-order valence-electron chi connectivity index (χ0n) is 13.9. The van der Waals surface area contributed by atoms with Gasteiger partial charge < -0.3 is 0 Å². The molecule has 0 aromatic carbocycles. The van der Waals surface area contributed by atoms with E-state index in [2.05, 4.69) is 20.8 Å². The van der Waals surface area contributed by atoms with Crippen LogP contribution < -0.4 is 0 Å². The van der Waals surface area contributed by atoms with Crippen LogP contribution in [0.2, 0.25) is 0 Å². The Morgan fingerprint density at radius 2 is 1.10 bits per heavy atom. The van der Waals surface area contributed by atoms with Gasteiger partial charge in [-0.2, -0.15) is 0 Å². The average Bonchev–Trinajstić information content (AvgIpc) is 2.48. The molecule has 0 amide bonds. The molecule has 0 saturated carbocycles. The van der Waals surface area contributed by atoms with E-state index >= 15 is 0 Å². The maximum absolute atomic E-state index is 13.0. The van der Waals surface area contributed by atoms with Gasteiger partial charge in [-0.1, -0.05) is 0 Å². The van der Waals surface area contributed by atoms with E-state index in [1.165, 1.54) is 0 Å². The number of hydrogen-bond donors (Lipinski definition) is 0. The van der Waals surface area contributed by atoms with Crippen LogP contribution in [0.4, 0.5) is 0 Å². The SMILES string of the molecule is CCCCP1(CCCC)(CCCC)C(=O)C(CC)C1=O. The van der Waals surface area contributed by atoms with E-state index in [0.717, 1.165) is 63.4 Å². The third-order valence-corrected chi connectivity index (χ3v) is 12.4. The Kier molecular flexibility index (Phi) is 6.38. The first-order chi connectivity index (χ1) is 9.52. The fraction of sp³-hybridized carbons (Fsp3) is 0.882. The van der Waals surface area contributed by atoms with Gasteiger partial charge in [0, 0.05) is 0 Å². The van der Waals surface area contributed by atoms with Crippen LogP contribution in [0.15, 0.2) is 0 Å². The van der Waals surface area contributed by atoms with Gasteiger partial charge in [0.2, 0.25) is 0 Å². The van der Waals surface area contributed by atoms with Crippen LogP contribution in [0.25, 0.3) is 0 Å². The fourth-order valence-electron chi connectivity index (χ4n) is 3.93. The summed E-state index contributed by atoms with van der Waals surface area (Å²) in [6, 6.07) is 0. The van der Waals surface area contributed by atoms with Crippen molar-refractivity contribution in [2.45, 2.75) is 72.6 Å². The van der Waals surface area contributed by atoms with Crippen molar-refractivity contribution in [1.29, 1.82) is 0 Å². The number of hydrogen-bond acceptors (Lipinski definition) is 2. The van der Waals surface area contributed by atoms with E-state index in [1.807, 2.05) is 6.92 Å². The van der Waals surface area contributed by atoms with Crippen molar-refractivity contribution in [2.75, 3.05) is 18.5 Å². The third-order valence-electron chi connectivity index (χ3n) is 5.31. The predicted octanol–water partition coefficient (Wildman–Crippen LogP) is 5.03. The monoisotopic (exact) mass is 300 g/mol. The van der Waals surface area contributed by atoms with E-state index in [1.54, 1.807) is 0 Å². The summed E-state index contributed by atoms with van der Waals surface area (Å²) in [5, 5.41) is 0. The van der Waals surface area contributed by atoms with Gasteiger partial charge >= 0.3 is 124 Å². The standard InChI is InChI=1S/C17H33O2P/c1-5-9-12-20(13-10-6-2,14-11-7-3)16(18)15(8-4)17(20)19/h15H,5-14H2,1-4H3. The summed E-state index contributed by atoms with van der Waals surface area (Å²) >= 11 is 0. The number of carbonyl (C=O) groups is 2. The zero-order chi connectivity index (χ0) is 15.3. The van der Waals surface area contributed by atoms with Gasteiger partial charge in [0.05, 0.1) is 0 Å². The minimum absolute atomic E-state index is 0.238. The molecule has 0 radical (unpaired) electrons. The van der Waals surface area contributed by atoms with Crippen molar-refractivity contribution in [3.05, 3.63) is 0 Å². The Morgan fingerprint density at radius 3 is 1.35 bits per heavy atom. The summed E-state index contributed by atoms with van der Waals surface area (Å²) in [5.41, 5.74) is 0.831. The van der Waals surface area contributed by atoms with Crippen LogP contribution >= 0.6 is 6.60 Å². The first-order valence-electron chi connectivity index (χ1n) is 8.62. The average molecular weight is 300 g/mol. The Labute approximate surface area is 125 Å². The predicted molar refractivity (Wildman–Crippen MR) is 90.0 cm³/mol. The van der Waals surface area contributed by atoms with Crippen LogP contribution in [0.1, 0.15) is 72.6 Å². The van der Waals surface area contributed by atoms with Gasteiger partial charge in [0.1, 0.15) is 0 Å². The van der Waals surface area contributed by atoms with Gasteiger partial charge in [0.15, 0.2) is 0 Å². The second-order valence-electron chi connectivity index (χ2n) is 6.60. The van der Waals surface area contributed by atoms with E-state index in [-0.39, 0.29) is 5.92 Å². The molecule has 118 valence electrons. The van der Waals surface area contributed by atoms with Crippen LogP contribution in [0, 0.1) is 5.92 Å². The molecule has 0 N–H and O–H groups in total. The summed E-state index contributed by atoms with van der Waals surface area (Å²) < 4.78 is 0. The van der Waals surface area contributed by atoms with Crippen LogP contribution in [0.3, 0.4) is 0 Å². The molecule has 0 aromatic rings. The molecule has 0 unspecified atom stereocenters. The molecule has 2 nitrogen and oxygen atoms in total. The van der Waals surface area contributed by atoms with E-state index < -0.39 is 6.60 Å². The van der Waals surface area contributed by atoms with Gasteiger partial charge in [0.25, 0.3) is 0 Å². The van der Waals surface area contributed by atoms with Crippen LogP contribution in [0.5, 0.6) is 0 Å². The summed E-state index contributed by atoms with van der Waals surface area (Å²) in [4.78, 5) is 26.0. The topological polar surface area (TPSA) is 34.1 Å². The maximum atomic E-state index is 13.0. The molecule has 1 saturated heterocycles. The van der Waals surface area contributed by atoms with Gasteiger partial charge in [-0.15, -0.1) is 0 Å². The van der Waals surface area contributed by atoms with Crippen molar-refractivity contribution in [2.24, 2.45) is 5.92 Å². The van der Waals surface area contributed by atoms with Crippen LogP contribution in [-0.2, 0) is 9.59 Å². The summed E-state index contributed by atoms with van der Waals surface area (Å²) in [5.74, 6) is -0.238. The Bertz CT molecular complexity index is 317. The normalized spacial score (nSPS) is 25.8. The number of carbonyl (C=O) groups excluding carboxylic acids is 2. The van der Waals surface area contributed by atoms with E-state index in [4.69, 9.17) is 0 Å². The zero-order valence-corrected chi connectivity index (χ0v) is 14.8. The fourth-order valence-corrected chi connectivity index (χ4v) is 11.4. The van der Waals surface area contributed by atoms with Crippen molar-refractivity contribution < 1.29 is 9.59 Å². The molecule has 1 rings (SSSR count). The Hall–Kier alpha value is -0.230. The van der Waals surface area contributed by atoms with Gasteiger partial charge in [-0.25, -0.2) is 0 Å². The number of unbranched alkanes of at least 4 members (excludes halogenated alkanes) is 3. The molecular formula is C17H33O2P. The van der Waals surface area contributed by atoms with Gasteiger partial charge in [-0.05, 0) is 0 Å². The summed E-state index contributed by atoms with van der Waals surface area (Å²) in [6.45, 7) is 5.77. The molecular weight excluding hydrogens is 267 g/mol. The molecule has 1 aliphatic heterocycles. The summed E-state index contributed by atoms with van der Waals surface area (Å²) in [6.07, 6.45) is 9.94. The van der Waals surface area contributed by atoms with Crippen molar-refractivity contribution in [3.8, 4) is 0 Å². The van der Waals surface area contributed by atoms with Crippen molar-refractivity contribution >= 4 is 17.7 Å². The molecule has 0 atom stereocenters. The Balaban J connectivity index is 3.13. The second kappa shape index (κ2) is 7.16. The minimum atomic E-state index is -2.71. The molecule has 3 heteroatoms. The van der Waals surface area contributed by atoms with Crippen molar-refractivity contribution in [1.82, 2.24) is 0 Å². The quantitative estimate of drug-likeness (QED) is 0.419. The molecule has 1 aliphatic rings. The first-order valence-corrected chi connectivity index (χ1v) is 11.4. The Morgan fingerprint density at radius 1 is 0.750 bits per heavy atom.